The number of hydrogen-bond acceptors (Lipinski definition) is 6. The Morgan fingerprint density at radius 3 is 1.62 bits per heavy atom. The normalized spacial score (nSPS) is 20.6. The summed E-state index contributed by atoms with van der Waals surface area (Å²) in [5.74, 6) is -0.535. The van der Waals surface area contributed by atoms with Crippen molar-refractivity contribution in [3.05, 3.63) is 173 Å². The Kier molecular flexibility index (Phi) is 11.6. The van der Waals surface area contributed by atoms with Crippen LogP contribution in [0.5, 0.6) is 5.75 Å². The van der Waals surface area contributed by atoms with Gasteiger partial charge < -0.3 is 28.7 Å². The van der Waals surface area contributed by atoms with Crippen LogP contribution in [0.15, 0.2) is 140 Å². The van der Waals surface area contributed by atoms with E-state index in [-0.39, 0.29) is 24.7 Å². The van der Waals surface area contributed by atoms with Gasteiger partial charge in [0.05, 0.1) is 17.6 Å². The number of fused-ring (bicyclic) bond motifs is 1. The second-order valence-corrected chi connectivity index (χ2v) is 16.2. The van der Waals surface area contributed by atoms with Gasteiger partial charge >= 0.3 is 12.0 Å². The number of carbonyl (C=O) groups is 2. The molecule has 7 rings (SSSR count). The van der Waals surface area contributed by atoms with E-state index >= 15 is 4.79 Å². The lowest BCUT2D eigenvalue weighted by Crippen LogP contribution is -2.51. The summed E-state index contributed by atoms with van der Waals surface area (Å²) in [5, 5.41) is 0. The highest BCUT2D eigenvalue weighted by Crippen LogP contribution is 2.40. The molecule has 2 amide bonds. The van der Waals surface area contributed by atoms with Gasteiger partial charge in [-0.25, -0.2) is 9.59 Å². The van der Waals surface area contributed by atoms with Gasteiger partial charge in [-0.3, -0.25) is 0 Å². The lowest BCUT2D eigenvalue weighted by molar-refractivity contribution is -0.157. The van der Waals surface area contributed by atoms with Gasteiger partial charge in [0.2, 0.25) is 0 Å². The van der Waals surface area contributed by atoms with Crippen LogP contribution in [0, 0.1) is 0 Å². The maximum atomic E-state index is 15.5. The molecule has 2 aliphatic heterocycles. The lowest BCUT2D eigenvalue weighted by atomic mass is 9.91. The molecule has 2 aliphatic rings. The predicted octanol–water partition coefficient (Wildman–Crippen LogP) is 9.40. The van der Waals surface area contributed by atoms with Crippen molar-refractivity contribution in [3.8, 4) is 5.75 Å². The number of nitrogens with zero attached hydrogens (tertiary/aromatic N) is 2. The quantitative estimate of drug-likeness (QED) is 0.118. The monoisotopic (exact) mass is 752 g/mol. The van der Waals surface area contributed by atoms with Crippen molar-refractivity contribution in [3.63, 3.8) is 0 Å². The average Bonchev–Trinajstić information content (AvgIpc) is 3.49. The van der Waals surface area contributed by atoms with Gasteiger partial charge in [0.25, 0.3) is 0 Å². The highest BCUT2D eigenvalue weighted by Gasteiger charge is 2.55. The molecule has 290 valence electrons. The van der Waals surface area contributed by atoms with E-state index in [4.69, 9.17) is 18.9 Å². The molecule has 0 N–H and O–H groups in total. The summed E-state index contributed by atoms with van der Waals surface area (Å²) in [4.78, 5) is 32.6. The second-order valence-electron chi connectivity index (χ2n) is 16.2. The van der Waals surface area contributed by atoms with Crippen LogP contribution in [0.25, 0.3) is 0 Å². The van der Waals surface area contributed by atoms with Crippen molar-refractivity contribution in [1.29, 1.82) is 0 Å². The molecule has 0 spiro atoms. The van der Waals surface area contributed by atoms with E-state index in [0.717, 1.165) is 33.6 Å². The Balaban J connectivity index is 1.28. The van der Waals surface area contributed by atoms with Crippen LogP contribution in [-0.2, 0) is 46.7 Å². The maximum absolute atomic E-state index is 15.5. The van der Waals surface area contributed by atoms with E-state index in [9.17, 15) is 4.79 Å². The number of esters is 1. The summed E-state index contributed by atoms with van der Waals surface area (Å²) in [6, 6.07) is 45.1. The molecule has 0 bridgehead atoms. The third kappa shape index (κ3) is 9.67. The largest absolute Gasteiger partial charge is 0.489 e. The van der Waals surface area contributed by atoms with E-state index in [1.165, 1.54) is 0 Å². The molecule has 8 nitrogen and oxygen atoms in total. The van der Waals surface area contributed by atoms with E-state index in [1.807, 2.05) is 154 Å². The first-order valence-electron chi connectivity index (χ1n) is 19.5. The van der Waals surface area contributed by atoms with Crippen LogP contribution in [0.1, 0.15) is 72.8 Å². The van der Waals surface area contributed by atoms with Gasteiger partial charge in [-0.1, -0.05) is 115 Å². The Morgan fingerprint density at radius 2 is 1.11 bits per heavy atom. The average molecular weight is 753 g/mol. The Hall–Kier alpha value is -5.44. The van der Waals surface area contributed by atoms with Crippen molar-refractivity contribution < 1.29 is 28.5 Å². The SMILES string of the molecule is CC(C)(C)OC(=O)c1cccc(CN2C(=O)N(Cc3ccc(OCc4ccccc4)cc3)[C@H](Cc3ccccc3)[C@@H]3OC(C)(C)O[C@H]3[C@H]2Cc2ccccc2)c1. The minimum Gasteiger partial charge on any atom is -0.489 e. The summed E-state index contributed by atoms with van der Waals surface area (Å²) in [6.45, 7) is 10.5. The standard InChI is InChI=1S/C48H52N2O6/c1-47(2,3)56-45(51)39-23-15-22-38(28-39)32-50-42(30-35-18-11-7-12-19-35)44-43(54-48(4,5)55-44)41(29-34-16-9-6-10-17-34)49(46(50)52)31-36-24-26-40(27-25-36)53-33-37-20-13-8-14-21-37/h6-28,41-44H,29-33H2,1-5H3/t41-,42-,43+,44+/m1/s1. The fraction of sp³-hybridized carbons (Fsp3) is 0.333. The Labute approximate surface area is 331 Å². The first-order valence-corrected chi connectivity index (χ1v) is 19.5. The summed E-state index contributed by atoms with van der Waals surface area (Å²) in [6.07, 6.45) is 0.245. The third-order valence-corrected chi connectivity index (χ3v) is 10.2. The molecule has 0 aliphatic carbocycles. The van der Waals surface area contributed by atoms with Gasteiger partial charge in [-0.2, -0.15) is 0 Å². The molecule has 0 radical (unpaired) electrons. The molecule has 0 unspecified atom stereocenters. The highest BCUT2D eigenvalue weighted by atomic mass is 16.8. The molecular formula is C48H52N2O6. The maximum Gasteiger partial charge on any atom is 0.338 e. The van der Waals surface area contributed by atoms with E-state index in [2.05, 4.69) is 24.3 Å². The van der Waals surface area contributed by atoms with Crippen LogP contribution in [-0.4, -0.2) is 57.5 Å². The van der Waals surface area contributed by atoms with Crippen LogP contribution in [0.4, 0.5) is 4.79 Å². The first kappa shape index (κ1) is 38.8. The molecule has 2 heterocycles. The zero-order valence-electron chi connectivity index (χ0n) is 33.0. The molecule has 8 heteroatoms. The van der Waals surface area contributed by atoms with Crippen LogP contribution in [0.2, 0.25) is 0 Å². The number of ether oxygens (including phenoxy) is 4. The summed E-state index contributed by atoms with van der Waals surface area (Å²) >= 11 is 0. The summed E-state index contributed by atoms with van der Waals surface area (Å²) in [7, 11) is 0. The molecule has 4 atom stereocenters. The summed E-state index contributed by atoms with van der Waals surface area (Å²) < 4.78 is 25.6. The van der Waals surface area contributed by atoms with Gasteiger partial charge in [0.15, 0.2) is 5.79 Å². The van der Waals surface area contributed by atoms with Gasteiger partial charge in [0, 0.05) is 13.1 Å². The number of hydrogen-bond donors (Lipinski definition) is 0. The van der Waals surface area contributed by atoms with E-state index in [0.29, 0.717) is 31.6 Å². The smallest absolute Gasteiger partial charge is 0.338 e. The second kappa shape index (κ2) is 16.7. The summed E-state index contributed by atoms with van der Waals surface area (Å²) in [5.41, 5.74) is 4.86. The number of benzene rings is 5. The van der Waals surface area contributed by atoms with Crippen molar-refractivity contribution in [1.82, 2.24) is 9.80 Å². The topological polar surface area (TPSA) is 77.5 Å². The molecular weight excluding hydrogens is 701 g/mol. The minimum absolute atomic E-state index is 0.127. The predicted molar refractivity (Wildman–Crippen MR) is 217 cm³/mol. The van der Waals surface area contributed by atoms with Gasteiger partial charge in [0.1, 0.15) is 30.2 Å². The van der Waals surface area contributed by atoms with Crippen LogP contribution in [0.3, 0.4) is 0 Å². The molecule has 0 aromatic heterocycles. The lowest BCUT2D eigenvalue weighted by Gasteiger charge is -2.37. The molecule has 2 saturated heterocycles. The van der Waals surface area contributed by atoms with Gasteiger partial charge in [-0.05, 0) is 99.5 Å². The van der Waals surface area contributed by atoms with Crippen molar-refractivity contribution in [2.24, 2.45) is 0 Å². The number of rotatable bonds is 12. The molecule has 56 heavy (non-hydrogen) atoms. The Bertz CT molecular complexity index is 2060. The fourth-order valence-electron chi connectivity index (χ4n) is 7.71. The third-order valence-electron chi connectivity index (χ3n) is 10.2. The molecule has 5 aromatic carbocycles. The molecule has 0 saturated carbocycles. The number of amides is 2. The van der Waals surface area contributed by atoms with Crippen LogP contribution < -0.4 is 4.74 Å². The van der Waals surface area contributed by atoms with Crippen molar-refractivity contribution in [2.45, 2.75) is 103 Å². The van der Waals surface area contributed by atoms with E-state index in [1.54, 1.807) is 6.07 Å². The zero-order valence-corrected chi connectivity index (χ0v) is 33.0. The molecule has 2 fully saturated rings. The van der Waals surface area contributed by atoms with E-state index < -0.39 is 29.6 Å². The Morgan fingerprint density at radius 1 is 0.625 bits per heavy atom. The number of carbonyl (C=O) groups excluding carboxylic acids is 2. The highest BCUT2D eigenvalue weighted by molar-refractivity contribution is 5.90. The molecule has 5 aromatic rings. The first-order chi connectivity index (χ1) is 26.9. The fourth-order valence-corrected chi connectivity index (χ4v) is 7.71. The van der Waals surface area contributed by atoms with Crippen molar-refractivity contribution >= 4 is 12.0 Å². The minimum atomic E-state index is -0.884. The van der Waals surface area contributed by atoms with Gasteiger partial charge in [-0.15, -0.1) is 0 Å². The van der Waals surface area contributed by atoms with Crippen molar-refractivity contribution in [2.75, 3.05) is 0 Å². The zero-order chi connectivity index (χ0) is 39.3. The number of urea groups is 1. The van der Waals surface area contributed by atoms with Crippen LogP contribution >= 0.6 is 0 Å².